The highest BCUT2D eigenvalue weighted by Crippen LogP contribution is 2.09. The zero-order valence-electron chi connectivity index (χ0n) is 10.6. The summed E-state index contributed by atoms with van der Waals surface area (Å²) >= 11 is 0. The maximum Gasteiger partial charge on any atom is 0.306 e. The van der Waals surface area contributed by atoms with Gasteiger partial charge in [-0.3, -0.25) is 9.69 Å². The lowest BCUT2D eigenvalue weighted by Crippen LogP contribution is -2.49. The molecule has 1 rings (SSSR count). The van der Waals surface area contributed by atoms with Gasteiger partial charge in [0.1, 0.15) is 0 Å². The minimum Gasteiger partial charge on any atom is -0.481 e. The predicted octanol–water partition coefficient (Wildman–Crippen LogP) is 1.12. The Morgan fingerprint density at radius 3 is 2.19 bits per heavy atom. The highest BCUT2D eigenvalue weighted by atomic mass is 16.4. The molecule has 0 amide bonds. The third-order valence-corrected chi connectivity index (χ3v) is 3.44. The first-order valence-electron chi connectivity index (χ1n) is 6.20. The van der Waals surface area contributed by atoms with E-state index < -0.39 is 5.97 Å². The fourth-order valence-corrected chi connectivity index (χ4v) is 2.00. The first-order valence-corrected chi connectivity index (χ1v) is 6.20. The SMILES string of the molecule is CC(CCN1CCN(C(C)C)CC1)C(=O)O. The molecule has 1 N–H and O–H groups in total. The van der Waals surface area contributed by atoms with Crippen LogP contribution in [0.3, 0.4) is 0 Å². The molecule has 94 valence electrons. The third kappa shape index (κ3) is 4.10. The van der Waals surface area contributed by atoms with Crippen molar-refractivity contribution in [3.8, 4) is 0 Å². The smallest absolute Gasteiger partial charge is 0.306 e. The van der Waals surface area contributed by atoms with Gasteiger partial charge < -0.3 is 10.0 Å². The van der Waals surface area contributed by atoms with E-state index in [9.17, 15) is 4.79 Å². The average Bonchev–Trinajstić information content (AvgIpc) is 2.26. The Hall–Kier alpha value is -0.610. The fourth-order valence-electron chi connectivity index (χ4n) is 2.00. The second-order valence-corrected chi connectivity index (χ2v) is 5.00. The van der Waals surface area contributed by atoms with Crippen LogP contribution in [0.5, 0.6) is 0 Å². The van der Waals surface area contributed by atoms with Gasteiger partial charge in [0.2, 0.25) is 0 Å². The lowest BCUT2D eigenvalue weighted by molar-refractivity contribution is -0.141. The van der Waals surface area contributed by atoms with E-state index in [2.05, 4.69) is 23.6 Å². The summed E-state index contributed by atoms with van der Waals surface area (Å²) in [5.41, 5.74) is 0. The second-order valence-electron chi connectivity index (χ2n) is 5.00. The third-order valence-electron chi connectivity index (χ3n) is 3.44. The van der Waals surface area contributed by atoms with E-state index in [1.54, 1.807) is 6.92 Å². The van der Waals surface area contributed by atoms with Crippen molar-refractivity contribution in [1.82, 2.24) is 9.80 Å². The molecule has 4 heteroatoms. The Morgan fingerprint density at radius 1 is 1.19 bits per heavy atom. The Labute approximate surface area is 98.2 Å². The molecule has 1 aliphatic rings. The second kappa shape index (κ2) is 6.21. The van der Waals surface area contributed by atoms with E-state index in [0.29, 0.717) is 6.04 Å². The van der Waals surface area contributed by atoms with Gasteiger partial charge in [-0.15, -0.1) is 0 Å². The van der Waals surface area contributed by atoms with Crippen LogP contribution in [0.15, 0.2) is 0 Å². The number of rotatable bonds is 5. The van der Waals surface area contributed by atoms with Gasteiger partial charge >= 0.3 is 5.97 Å². The molecule has 1 heterocycles. The van der Waals surface area contributed by atoms with Crippen molar-refractivity contribution >= 4 is 5.97 Å². The standard InChI is InChI=1S/C12H24N2O2/c1-10(2)14-8-6-13(7-9-14)5-4-11(3)12(15)16/h10-11H,4-9H2,1-3H3,(H,15,16). The summed E-state index contributed by atoms with van der Waals surface area (Å²) in [7, 11) is 0. The van der Waals surface area contributed by atoms with Gasteiger partial charge in [-0.2, -0.15) is 0 Å². The topological polar surface area (TPSA) is 43.8 Å². The van der Waals surface area contributed by atoms with Gasteiger partial charge in [0.15, 0.2) is 0 Å². The molecule has 1 saturated heterocycles. The van der Waals surface area contributed by atoms with Gasteiger partial charge in [0.05, 0.1) is 5.92 Å². The first-order chi connectivity index (χ1) is 7.50. The van der Waals surface area contributed by atoms with Crippen LogP contribution in [0.2, 0.25) is 0 Å². The van der Waals surface area contributed by atoms with Crippen molar-refractivity contribution in [1.29, 1.82) is 0 Å². The average molecular weight is 228 g/mol. The number of carboxylic acids is 1. The van der Waals surface area contributed by atoms with Crippen LogP contribution in [-0.2, 0) is 4.79 Å². The van der Waals surface area contributed by atoms with E-state index in [1.807, 2.05) is 0 Å². The molecule has 0 aromatic rings. The zero-order valence-corrected chi connectivity index (χ0v) is 10.6. The maximum absolute atomic E-state index is 10.7. The van der Waals surface area contributed by atoms with Gasteiger partial charge in [-0.05, 0) is 26.8 Å². The van der Waals surface area contributed by atoms with Crippen LogP contribution >= 0.6 is 0 Å². The summed E-state index contributed by atoms with van der Waals surface area (Å²) in [4.78, 5) is 15.5. The van der Waals surface area contributed by atoms with E-state index in [-0.39, 0.29) is 5.92 Å². The molecule has 0 aromatic heterocycles. The Morgan fingerprint density at radius 2 is 1.75 bits per heavy atom. The number of hydrogen-bond donors (Lipinski definition) is 1. The first kappa shape index (κ1) is 13.5. The van der Waals surface area contributed by atoms with E-state index in [4.69, 9.17) is 5.11 Å². The molecule has 0 bridgehead atoms. The largest absolute Gasteiger partial charge is 0.481 e. The normalized spacial score (nSPS) is 21.2. The van der Waals surface area contributed by atoms with Crippen LogP contribution < -0.4 is 0 Å². The number of piperazine rings is 1. The Bertz CT molecular complexity index is 223. The van der Waals surface area contributed by atoms with Gasteiger partial charge in [-0.25, -0.2) is 0 Å². The van der Waals surface area contributed by atoms with Crippen LogP contribution in [0, 0.1) is 5.92 Å². The molecule has 4 nitrogen and oxygen atoms in total. The minimum absolute atomic E-state index is 0.219. The number of carbonyl (C=O) groups is 1. The van der Waals surface area contributed by atoms with Crippen molar-refractivity contribution in [3.63, 3.8) is 0 Å². The molecule has 0 aromatic carbocycles. The molecule has 0 spiro atoms. The fraction of sp³-hybridized carbons (Fsp3) is 0.917. The Kier molecular flexibility index (Phi) is 5.22. The number of hydrogen-bond acceptors (Lipinski definition) is 3. The maximum atomic E-state index is 10.7. The minimum atomic E-state index is -0.680. The zero-order chi connectivity index (χ0) is 12.1. The predicted molar refractivity (Wildman–Crippen MR) is 64.6 cm³/mol. The lowest BCUT2D eigenvalue weighted by Gasteiger charge is -2.37. The highest BCUT2D eigenvalue weighted by Gasteiger charge is 2.19. The summed E-state index contributed by atoms with van der Waals surface area (Å²) in [5.74, 6) is -0.899. The molecule has 0 radical (unpaired) electrons. The van der Waals surface area contributed by atoms with E-state index in [1.165, 1.54) is 0 Å². The lowest BCUT2D eigenvalue weighted by atomic mass is 10.1. The molecule has 1 atom stereocenters. The molecule has 0 aliphatic carbocycles. The quantitative estimate of drug-likeness (QED) is 0.766. The summed E-state index contributed by atoms with van der Waals surface area (Å²) in [5, 5.41) is 8.80. The van der Waals surface area contributed by atoms with E-state index in [0.717, 1.165) is 39.1 Å². The van der Waals surface area contributed by atoms with Crippen LogP contribution in [0.4, 0.5) is 0 Å². The van der Waals surface area contributed by atoms with Crippen LogP contribution in [0.25, 0.3) is 0 Å². The number of nitrogens with zero attached hydrogens (tertiary/aromatic N) is 2. The van der Waals surface area contributed by atoms with Gasteiger partial charge in [-0.1, -0.05) is 6.92 Å². The molecule has 16 heavy (non-hydrogen) atoms. The van der Waals surface area contributed by atoms with E-state index >= 15 is 0 Å². The summed E-state index contributed by atoms with van der Waals surface area (Å²) in [6, 6.07) is 0.625. The number of aliphatic carboxylic acids is 1. The Balaban J connectivity index is 2.20. The molecule has 1 unspecified atom stereocenters. The molecule has 1 fully saturated rings. The summed E-state index contributed by atoms with van der Waals surface area (Å²) in [6.07, 6.45) is 0.761. The highest BCUT2D eigenvalue weighted by molar-refractivity contribution is 5.69. The molecular weight excluding hydrogens is 204 g/mol. The monoisotopic (exact) mass is 228 g/mol. The van der Waals surface area contributed by atoms with Crippen molar-refractivity contribution in [3.05, 3.63) is 0 Å². The summed E-state index contributed by atoms with van der Waals surface area (Å²) < 4.78 is 0. The van der Waals surface area contributed by atoms with Crippen molar-refractivity contribution < 1.29 is 9.90 Å². The van der Waals surface area contributed by atoms with Crippen molar-refractivity contribution in [2.75, 3.05) is 32.7 Å². The molecule has 0 saturated carbocycles. The van der Waals surface area contributed by atoms with Gasteiger partial charge in [0, 0.05) is 32.2 Å². The van der Waals surface area contributed by atoms with Crippen LogP contribution in [0.1, 0.15) is 27.2 Å². The summed E-state index contributed by atoms with van der Waals surface area (Å²) in [6.45, 7) is 11.5. The molecular formula is C12H24N2O2. The van der Waals surface area contributed by atoms with Gasteiger partial charge in [0.25, 0.3) is 0 Å². The van der Waals surface area contributed by atoms with Crippen LogP contribution in [-0.4, -0.2) is 59.6 Å². The van der Waals surface area contributed by atoms with Crippen molar-refractivity contribution in [2.24, 2.45) is 5.92 Å². The number of carboxylic acid groups (broad SMARTS) is 1. The molecule has 1 aliphatic heterocycles. The van der Waals surface area contributed by atoms with Crippen molar-refractivity contribution in [2.45, 2.75) is 33.2 Å².